The molecule has 0 aromatic heterocycles. The minimum atomic E-state index is -0.719. The SMILES string of the molecule is Oc1ccc(CCC2CCCC(C(O)c3ccc(O)c(O)c3)N2)cc1. The Balaban J connectivity index is 1.58. The van der Waals surface area contributed by atoms with Gasteiger partial charge in [-0.2, -0.15) is 0 Å². The van der Waals surface area contributed by atoms with Crippen LogP contribution in [-0.2, 0) is 6.42 Å². The van der Waals surface area contributed by atoms with Crippen molar-refractivity contribution in [1.29, 1.82) is 0 Å². The number of nitrogens with one attached hydrogen (secondary N) is 1. The van der Waals surface area contributed by atoms with Crippen molar-refractivity contribution in [2.45, 2.75) is 50.3 Å². The fraction of sp³-hybridized carbons (Fsp3) is 0.400. The van der Waals surface area contributed by atoms with E-state index in [2.05, 4.69) is 5.32 Å². The molecular formula is C20H25NO4. The molecule has 5 heteroatoms. The van der Waals surface area contributed by atoms with Crippen LogP contribution >= 0.6 is 0 Å². The second-order valence-electron chi connectivity index (χ2n) is 6.80. The molecule has 0 saturated carbocycles. The first-order valence-electron chi connectivity index (χ1n) is 8.77. The van der Waals surface area contributed by atoms with Crippen LogP contribution in [0.1, 0.15) is 42.9 Å². The third-order valence-electron chi connectivity index (χ3n) is 4.96. The lowest BCUT2D eigenvalue weighted by atomic mass is 9.89. The number of aromatic hydroxyl groups is 3. The van der Waals surface area contributed by atoms with Gasteiger partial charge in [0.1, 0.15) is 5.75 Å². The third-order valence-corrected chi connectivity index (χ3v) is 4.96. The Bertz CT molecular complexity index is 701. The summed E-state index contributed by atoms with van der Waals surface area (Å²) in [6, 6.07) is 12.0. The molecule has 0 bridgehead atoms. The summed E-state index contributed by atoms with van der Waals surface area (Å²) >= 11 is 0. The predicted molar refractivity (Wildman–Crippen MR) is 95.7 cm³/mol. The highest BCUT2D eigenvalue weighted by molar-refractivity contribution is 5.41. The van der Waals surface area contributed by atoms with E-state index >= 15 is 0 Å². The Hall–Kier alpha value is -2.24. The van der Waals surface area contributed by atoms with E-state index in [1.165, 1.54) is 17.7 Å². The van der Waals surface area contributed by atoms with E-state index in [1.54, 1.807) is 18.2 Å². The molecule has 0 aliphatic carbocycles. The van der Waals surface area contributed by atoms with Gasteiger partial charge in [0, 0.05) is 12.1 Å². The van der Waals surface area contributed by atoms with Crippen LogP contribution in [0.2, 0.25) is 0 Å². The lowest BCUT2D eigenvalue weighted by Gasteiger charge is -2.34. The molecule has 5 nitrogen and oxygen atoms in total. The van der Waals surface area contributed by atoms with Crippen LogP contribution in [-0.4, -0.2) is 32.5 Å². The van der Waals surface area contributed by atoms with Crippen LogP contribution in [0.3, 0.4) is 0 Å². The molecular weight excluding hydrogens is 318 g/mol. The molecule has 1 heterocycles. The van der Waals surface area contributed by atoms with Crippen LogP contribution in [0.15, 0.2) is 42.5 Å². The average molecular weight is 343 g/mol. The number of phenolic OH excluding ortho intramolecular Hbond substituents is 3. The molecule has 2 aromatic carbocycles. The van der Waals surface area contributed by atoms with Gasteiger partial charge in [0.2, 0.25) is 0 Å². The Kier molecular flexibility index (Phi) is 5.46. The molecule has 1 fully saturated rings. The van der Waals surface area contributed by atoms with E-state index in [4.69, 9.17) is 0 Å². The Morgan fingerprint density at radius 2 is 1.72 bits per heavy atom. The zero-order valence-corrected chi connectivity index (χ0v) is 14.1. The average Bonchev–Trinajstić information content (AvgIpc) is 2.63. The number of phenols is 3. The van der Waals surface area contributed by atoms with Crippen molar-refractivity contribution in [2.75, 3.05) is 0 Å². The molecule has 3 rings (SSSR count). The summed E-state index contributed by atoms with van der Waals surface area (Å²) in [7, 11) is 0. The molecule has 1 saturated heterocycles. The summed E-state index contributed by atoms with van der Waals surface area (Å²) in [6.07, 6.45) is 4.15. The molecule has 3 unspecified atom stereocenters. The third kappa shape index (κ3) is 4.44. The lowest BCUT2D eigenvalue weighted by molar-refractivity contribution is 0.0997. The van der Waals surface area contributed by atoms with Gasteiger partial charge < -0.3 is 25.7 Å². The first kappa shape index (κ1) is 17.6. The van der Waals surface area contributed by atoms with Crippen LogP contribution in [0.5, 0.6) is 17.2 Å². The molecule has 0 radical (unpaired) electrons. The van der Waals surface area contributed by atoms with E-state index in [0.717, 1.165) is 32.1 Å². The van der Waals surface area contributed by atoms with Crippen LogP contribution in [0.4, 0.5) is 0 Å². The van der Waals surface area contributed by atoms with Gasteiger partial charge in [0.05, 0.1) is 6.10 Å². The molecule has 134 valence electrons. The number of aliphatic hydroxyl groups is 1. The topological polar surface area (TPSA) is 93.0 Å². The zero-order chi connectivity index (χ0) is 17.8. The number of hydrogen-bond donors (Lipinski definition) is 5. The standard InChI is InChI=1S/C20H25NO4/c22-16-9-5-13(6-10-16)4-8-15-2-1-3-17(21-15)20(25)14-7-11-18(23)19(24)12-14/h5-7,9-12,15,17,20-25H,1-4,8H2. The first-order chi connectivity index (χ1) is 12.0. The van der Waals surface area contributed by atoms with E-state index < -0.39 is 6.10 Å². The molecule has 2 aromatic rings. The maximum atomic E-state index is 10.6. The molecule has 0 spiro atoms. The van der Waals surface area contributed by atoms with Crippen molar-refractivity contribution in [3.8, 4) is 17.2 Å². The molecule has 5 N–H and O–H groups in total. The summed E-state index contributed by atoms with van der Waals surface area (Å²) in [5.74, 6) is -0.115. The molecule has 1 aliphatic rings. The van der Waals surface area contributed by atoms with E-state index in [1.807, 2.05) is 12.1 Å². The molecule has 3 atom stereocenters. The van der Waals surface area contributed by atoms with Crippen molar-refractivity contribution in [2.24, 2.45) is 0 Å². The monoisotopic (exact) mass is 343 g/mol. The number of aryl methyl sites for hydroxylation is 1. The number of piperidine rings is 1. The van der Waals surface area contributed by atoms with E-state index in [9.17, 15) is 20.4 Å². The summed E-state index contributed by atoms with van der Waals surface area (Å²) < 4.78 is 0. The fourth-order valence-electron chi connectivity index (χ4n) is 3.49. The van der Waals surface area contributed by atoms with Gasteiger partial charge in [-0.15, -0.1) is 0 Å². The second-order valence-corrected chi connectivity index (χ2v) is 6.80. The van der Waals surface area contributed by atoms with Crippen molar-refractivity contribution >= 4 is 0 Å². The number of benzene rings is 2. The quantitative estimate of drug-likeness (QED) is 0.538. The van der Waals surface area contributed by atoms with Crippen molar-refractivity contribution < 1.29 is 20.4 Å². The number of hydrogen-bond acceptors (Lipinski definition) is 5. The van der Waals surface area contributed by atoms with Crippen molar-refractivity contribution in [3.63, 3.8) is 0 Å². The second kappa shape index (κ2) is 7.76. The summed E-state index contributed by atoms with van der Waals surface area (Å²) in [6.45, 7) is 0. The van der Waals surface area contributed by atoms with Crippen LogP contribution in [0, 0.1) is 0 Å². The van der Waals surface area contributed by atoms with Gasteiger partial charge >= 0.3 is 0 Å². The van der Waals surface area contributed by atoms with Gasteiger partial charge in [-0.1, -0.05) is 24.6 Å². The van der Waals surface area contributed by atoms with Gasteiger partial charge in [0.15, 0.2) is 11.5 Å². The van der Waals surface area contributed by atoms with E-state index in [0.29, 0.717) is 11.6 Å². The minimum absolute atomic E-state index is 0.0671. The van der Waals surface area contributed by atoms with Crippen molar-refractivity contribution in [1.82, 2.24) is 5.32 Å². The first-order valence-corrected chi connectivity index (χ1v) is 8.77. The van der Waals surface area contributed by atoms with E-state index in [-0.39, 0.29) is 23.3 Å². The summed E-state index contributed by atoms with van der Waals surface area (Å²) in [4.78, 5) is 0. The van der Waals surface area contributed by atoms with Crippen molar-refractivity contribution in [3.05, 3.63) is 53.6 Å². The summed E-state index contributed by atoms with van der Waals surface area (Å²) in [5.41, 5.74) is 1.79. The Morgan fingerprint density at radius 3 is 2.44 bits per heavy atom. The normalized spacial score (nSPS) is 21.8. The largest absolute Gasteiger partial charge is 0.508 e. The number of aliphatic hydroxyl groups excluding tert-OH is 1. The highest BCUT2D eigenvalue weighted by Crippen LogP contribution is 2.31. The molecule has 25 heavy (non-hydrogen) atoms. The van der Waals surface area contributed by atoms with Gasteiger partial charge in [0.25, 0.3) is 0 Å². The summed E-state index contributed by atoms with van der Waals surface area (Å²) in [5, 5.41) is 42.5. The van der Waals surface area contributed by atoms with Gasteiger partial charge in [-0.3, -0.25) is 0 Å². The molecule has 0 amide bonds. The minimum Gasteiger partial charge on any atom is -0.508 e. The fourth-order valence-corrected chi connectivity index (χ4v) is 3.49. The van der Waals surface area contributed by atoms with Crippen LogP contribution in [0.25, 0.3) is 0 Å². The zero-order valence-electron chi connectivity index (χ0n) is 14.1. The van der Waals surface area contributed by atoms with Crippen LogP contribution < -0.4 is 5.32 Å². The van der Waals surface area contributed by atoms with Gasteiger partial charge in [-0.05, 0) is 61.1 Å². The maximum Gasteiger partial charge on any atom is 0.157 e. The maximum absolute atomic E-state index is 10.6. The number of rotatable bonds is 5. The Morgan fingerprint density at radius 1 is 0.960 bits per heavy atom. The highest BCUT2D eigenvalue weighted by Gasteiger charge is 2.27. The predicted octanol–water partition coefficient (Wildman–Crippen LogP) is 2.98. The lowest BCUT2D eigenvalue weighted by Crippen LogP contribution is -2.45. The Labute approximate surface area is 147 Å². The van der Waals surface area contributed by atoms with Gasteiger partial charge in [-0.25, -0.2) is 0 Å². The highest BCUT2D eigenvalue weighted by atomic mass is 16.3. The molecule has 1 aliphatic heterocycles. The smallest absolute Gasteiger partial charge is 0.157 e.